The van der Waals surface area contributed by atoms with E-state index in [1.165, 1.54) is 0 Å². The zero-order chi connectivity index (χ0) is 13.2. The molecule has 0 radical (unpaired) electrons. The molecule has 0 fully saturated rings. The summed E-state index contributed by atoms with van der Waals surface area (Å²) in [5.74, 6) is 0. The molecule has 96 valence electrons. The van der Waals surface area contributed by atoms with E-state index in [1.54, 1.807) is 13.3 Å². The van der Waals surface area contributed by atoms with Gasteiger partial charge in [0, 0.05) is 13.3 Å². The summed E-state index contributed by atoms with van der Waals surface area (Å²) >= 11 is 5.38. The van der Waals surface area contributed by atoms with Crippen LogP contribution in [-0.4, -0.2) is 21.6 Å². The highest BCUT2D eigenvalue weighted by atomic mass is 32.1. The molecule has 3 aromatic rings. The molecule has 19 heavy (non-hydrogen) atoms. The quantitative estimate of drug-likeness (QED) is 0.744. The van der Waals surface area contributed by atoms with Gasteiger partial charge >= 0.3 is 0 Å². The number of aromatic nitrogens is 3. The summed E-state index contributed by atoms with van der Waals surface area (Å²) in [5, 5.41) is 0. The van der Waals surface area contributed by atoms with Crippen molar-refractivity contribution in [2.45, 2.75) is 6.61 Å². The largest absolute Gasteiger partial charge is 0.380 e. The van der Waals surface area contributed by atoms with Gasteiger partial charge in [0.1, 0.15) is 0 Å². The number of nitrogens with one attached hydrogen (secondary N) is 1. The van der Waals surface area contributed by atoms with Crippen molar-refractivity contribution in [2.75, 3.05) is 7.11 Å². The number of pyridine rings is 1. The van der Waals surface area contributed by atoms with Crippen LogP contribution in [0.4, 0.5) is 0 Å². The number of H-pyrrole nitrogens is 1. The number of rotatable bonds is 3. The summed E-state index contributed by atoms with van der Waals surface area (Å²) in [6.07, 6.45) is 1.76. The first-order valence-electron chi connectivity index (χ1n) is 5.93. The highest BCUT2D eigenvalue weighted by Crippen LogP contribution is 2.18. The fraction of sp³-hybridized carbons (Fsp3) is 0.143. The van der Waals surface area contributed by atoms with Gasteiger partial charge in [0.05, 0.1) is 17.8 Å². The minimum atomic E-state index is 0.580. The maximum Gasteiger partial charge on any atom is 0.183 e. The molecule has 0 amide bonds. The van der Waals surface area contributed by atoms with Gasteiger partial charge in [-0.3, -0.25) is 4.57 Å². The number of nitrogens with zero attached hydrogens (tertiary/aromatic N) is 2. The molecular formula is C14H13N3OS. The van der Waals surface area contributed by atoms with Gasteiger partial charge in [0.25, 0.3) is 0 Å². The van der Waals surface area contributed by atoms with Crippen LogP contribution in [0.3, 0.4) is 0 Å². The lowest BCUT2D eigenvalue weighted by molar-refractivity contribution is 0.185. The van der Waals surface area contributed by atoms with Crippen LogP contribution in [0.2, 0.25) is 0 Å². The van der Waals surface area contributed by atoms with Crippen molar-refractivity contribution < 1.29 is 4.74 Å². The van der Waals surface area contributed by atoms with Crippen molar-refractivity contribution >= 4 is 23.4 Å². The number of fused-ring (bicyclic) bond motifs is 1. The van der Waals surface area contributed by atoms with Crippen LogP contribution in [0.15, 0.2) is 42.6 Å². The van der Waals surface area contributed by atoms with E-state index in [9.17, 15) is 0 Å². The van der Waals surface area contributed by atoms with Crippen molar-refractivity contribution in [3.63, 3.8) is 0 Å². The molecule has 1 N–H and O–H groups in total. The number of hydrogen-bond donors (Lipinski definition) is 1. The molecule has 0 saturated carbocycles. The van der Waals surface area contributed by atoms with Crippen LogP contribution in [0.25, 0.3) is 16.9 Å². The highest BCUT2D eigenvalue weighted by Gasteiger charge is 2.07. The Morgan fingerprint density at radius 1 is 1.32 bits per heavy atom. The normalized spacial score (nSPS) is 11.0. The van der Waals surface area contributed by atoms with Crippen molar-refractivity contribution in [1.29, 1.82) is 0 Å². The first-order valence-corrected chi connectivity index (χ1v) is 6.34. The molecule has 0 saturated heterocycles. The Bertz CT molecular complexity index is 775. The Kier molecular flexibility index (Phi) is 3.15. The summed E-state index contributed by atoms with van der Waals surface area (Å²) in [6, 6.07) is 11.9. The van der Waals surface area contributed by atoms with Crippen molar-refractivity contribution in [3.05, 3.63) is 52.9 Å². The molecule has 0 spiro atoms. The molecule has 0 aliphatic rings. The van der Waals surface area contributed by atoms with E-state index < -0.39 is 0 Å². The molecule has 0 unspecified atom stereocenters. The van der Waals surface area contributed by atoms with E-state index in [4.69, 9.17) is 17.0 Å². The van der Waals surface area contributed by atoms with Crippen molar-refractivity contribution in [2.24, 2.45) is 0 Å². The molecule has 0 atom stereocenters. The lowest BCUT2D eigenvalue weighted by atomic mass is 10.2. The minimum absolute atomic E-state index is 0.580. The second-order valence-corrected chi connectivity index (χ2v) is 4.63. The lowest BCUT2D eigenvalue weighted by Gasteiger charge is -2.06. The average Bonchev–Trinajstić information content (AvgIpc) is 2.75. The predicted octanol–water partition coefficient (Wildman–Crippen LogP) is 3.23. The van der Waals surface area contributed by atoms with E-state index in [2.05, 4.69) is 16.0 Å². The maximum absolute atomic E-state index is 5.38. The summed E-state index contributed by atoms with van der Waals surface area (Å²) in [6.45, 7) is 0.580. The fourth-order valence-electron chi connectivity index (χ4n) is 2.13. The Morgan fingerprint density at radius 3 is 3.05 bits per heavy atom. The first-order chi connectivity index (χ1) is 9.29. The molecule has 4 nitrogen and oxygen atoms in total. The zero-order valence-electron chi connectivity index (χ0n) is 10.5. The van der Waals surface area contributed by atoms with Gasteiger partial charge in [-0.05, 0) is 42.0 Å². The summed E-state index contributed by atoms with van der Waals surface area (Å²) in [5.41, 5.74) is 3.86. The standard InChI is InChI=1S/C14H13N3OS/c1-18-9-10-4-2-5-11(8-10)17-13-12(16-14(17)19)6-3-7-15-13/h2-8H,9H2,1H3,(H,16,19). The smallest absolute Gasteiger partial charge is 0.183 e. The lowest BCUT2D eigenvalue weighted by Crippen LogP contribution is -1.97. The summed E-state index contributed by atoms with van der Waals surface area (Å²) in [7, 11) is 1.69. The Hall–Kier alpha value is -1.98. The number of benzene rings is 1. The topological polar surface area (TPSA) is 42.8 Å². The molecule has 1 aromatic carbocycles. The van der Waals surface area contributed by atoms with Crippen LogP contribution in [0.5, 0.6) is 0 Å². The first kappa shape index (κ1) is 12.1. The van der Waals surface area contributed by atoms with Crippen molar-refractivity contribution in [3.8, 4) is 5.69 Å². The third-order valence-electron chi connectivity index (χ3n) is 2.92. The second-order valence-electron chi connectivity index (χ2n) is 4.24. The minimum Gasteiger partial charge on any atom is -0.380 e. The zero-order valence-corrected chi connectivity index (χ0v) is 11.3. The summed E-state index contributed by atoms with van der Waals surface area (Å²) in [4.78, 5) is 7.55. The van der Waals surface area contributed by atoms with Gasteiger partial charge in [-0.15, -0.1) is 0 Å². The van der Waals surface area contributed by atoms with E-state index in [-0.39, 0.29) is 0 Å². The van der Waals surface area contributed by atoms with Gasteiger partial charge in [-0.2, -0.15) is 0 Å². The Labute approximate surface area is 115 Å². The number of imidazole rings is 1. The molecule has 5 heteroatoms. The number of ether oxygens (including phenoxy) is 1. The monoisotopic (exact) mass is 271 g/mol. The van der Waals surface area contributed by atoms with Gasteiger partial charge < -0.3 is 9.72 Å². The van der Waals surface area contributed by atoms with Gasteiger partial charge in [0.2, 0.25) is 0 Å². The van der Waals surface area contributed by atoms with Gasteiger partial charge in [-0.1, -0.05) is 12.1 Å². The highest BCUT2D eigenvalue weighted by molar-refractivity contribution is 7.71. The predicted molar refractivity (Wildman–Crippen MR) is 77.0 cm³/mol. The van der Waals surface area contributed by atoms with Crippen LogP contribution in [0, 0.1) is 4.77 Å². The van der Waals surface area contributed by atoms with E-state index >= 15 is 0 Å². The molecule has 0 aliphatic carbocycles. The molecule has 2 aromatic heterocycles. The molecular weight excluding hydrogens is 258 g/mol. The Morgan fingerprint density at radius 2 is 2.21 bits per heavy atom. The third-order valence-corrected chi connectivity index (χ3v) is 3.21. The molecule has 2 heterocycles. The van der Waals surface area contributed by atoms with Gasteiger partial charge in [0.15, 0.2) is 10.4 Å². The van der Waals surface area contributed by atoms with Crippen LogP contribution < -0.4 is 0 Å². The third kappa shape index (κ3) is 2.18. The van der Waals surface area contributed by atoms with E-state index in [1.807, 2.05) is 34.9 Å². The molecule has 0 aliphatic heterocycles. The fourth-order valence-corrected chi connectivity index (χ4v) is 2.43. The molecule has 0 bridgehead atoms. The van der Waals surface area contributed by atoms with Crippen LogP contribution in [-0.2, 0) is 11.3 Å². The van der Waals surface area contributed by atoms with Gasteiger partial charge in [-0.25, -0.2) is 4.98 Å². The van der Waals surface area contributed by atoms with E-state index in [0.29, 0.717) is 11.4 Å². The maximum atomic E-state index is 5.38. The second kappa shape index (κ2) is 4.95. The number of hydrogen-bond acceptors (Lipinski definition) is 3. The van der Waals surface area contributed by atoms with E-state index in [0.717, 1.165) is 22.4 Å². The molecule has 3 rings (SSSR count). The average molecular weight is 271 g/mol. The van der Waals surface area contributed by atoms with Crippen molar-refractivity contribution in [1.82, 2.24) is 14.5 Å². The van der Waals surface area contributed by atoms with Crippen LogP contribution >= 0.6 is 12.2 Å². The van der Waals surface area contributed by atoms with Crippen LogP contribution in [0.1, 0.15) is 5.56 Å². The summed E-state index contributed by atoms with van der Waals surface area (Å²) < 4.78 is 7.74. The Balaban J connectivity index is 2.21. The number of aromatic amines is 1. The number of methoxy groups -OCH3 is 1. The SMILES string of the molecule is COCc1cccc(-n2c(=S)[nH]c3cccnc32)c1.